The van der Waals surface area contributed by atoms with E-state index in [9.17, 15) is 0 Å². The molecule has 0 radical (unpaired) electrons. The molecule has 0 amide bonds. The number of hydrogen-bond donors (Lipinski definition) is 0. The summed E-state index contributed by atoms with van der Waals surface area (Å²) >= 11 is 0. The molecule has 2 aromatic heterocycles. The lowest BCUT2D eigenvalue weighted by Gasteiger charge is -2.10. The minimum atomic E-state index is 0.583. The largest absolute Gasteiger partial charge is 0.456 e. The fourth-order valence-corrected chi connectivity index (χ4v) is 8.18. The third kappa shape index (κ3) is 6.43. The zero-order valence-corrected chi connectivity index (χ0v) is 32.0. The summed E-state index contributed by atoms with van der Waals surface area (Å²) in [7, 11) is 0. The van der Waals surface area contributed by atoms with Gasteiger partial charge < -0.3 is 4.42 Å². The molecule has 4 nitrogen and oxygen atoms in total. The van der Waals surface area contributed by atoms with Gasteiger partial charge in [-0.15, -0.1) is 0 Å². The van der Waals surface area contributed by atoms with Gasteiger partial charge in [0.15, 0.2) is 17.5 Å². The highest BCUT2D eigenvalue weighted by Gasteiger charge is 2.17. The van der Waals surface area contributed by atoms with Crippen LogP contribution in [0, 0.1) is 0 Å². The first kappa shape index (κ1) is 34.3. The highest BCUT2D eigenvalue weighted by Crippen LogP contribution is 2.39. The lowest BCUT2D eigenvalue weighted by molar-refractivity contribution is 0.669. The van der Waals surface area contributed by atoms with Gasteiger partial charge in [0.25, 0.3) is 0 Å². The summed E-state index contributed by atoms with van der Waals surface area (Å²) in [6.45, 7) is 0. The Morgan fingerprint density at radius 2 is 0.746 bits per heavy atom. The minimum Gasteiger partial charge on any atom is -0.456 e. The third-order valence-corrected chi connectivity index (χ3v) is 11.2. The second kappa shape index (κ2) is 14.5. The van der Waals surface area contributed by atoms with Crippen molar-refractivity contribution in [3.63, 3.8) is 0 Å². The van der Waals surface area contributed by atoms with Crippen LogP contribution in [-0.2, 0) is 0 Å². The predicted octanol–water partition coefficient (Wildman–Crippen LogP) is 14.6. The van der Waals surface area contributed by atoms with Gasteiger partial charge in [-0.1, -0.05) is 188 Å². The molecule has 0 atom stereocenters. The van der Waals surface area contributed by atoms with Crippen LogP contribution in [0.25, 0.3) is 111 Å². The average Bonchev–Trinajstić information content (AvgIpc) is 3.70. The Bertz CT molecular complexity index is 3290. The molecule has 0 fully saturated rings. The van der Waals surface area contributed by atoms with Crippen molar-refractivity contribution in [3.8, 4) is 78.7 Å². The Morgan fingerprint density at radius 3 is 1.47 bits per heavy atom. The highest BCUT2D eigenvalue weighted by molar-refractivity contribution is 6.13. The van der Waals surface area contributed by atoms with E-state index < -0.39 is 0 Å². The van der Waals surface area contributed by atoms with E-state index in [1.54, 1.807) is 0 Å². The van der Waals surface area contributed by atoms with Crippen molar-refractivity contribution in [2.24, 2.45) is 0 Å². The van der Waals surface area contributed by atoms with Gasteiger partial charge in [-0.25, -0.2) is 15.0 Å². The summed E-state index contributed by atoms with van der Waals surface area (Å²) in [5, 5.41) is 4.62. The molecule has 0 saturated heterocycles. The molecule has 0 spiro atoms. The molecule has 0 aliphatic rings. The van der Waals surface area contributed by atoms with E-state index in [2.05, 4.69) is 170 Å². The maximum Gasteiger partial charge on any atom is 0.164 e. The van der Waals surface area contributed by atoms with Gasteiger partial charge in [0.1, 0.15) is 11.2 Å². The Balaban J connectivity index is 0.955. The van der Waals surface area contributed by atoms with E-state index in [1.165, 1.54) is 33.0 Å². The number of aromatic nitrogens is 3. The van der Waals surface area contributed by atoms with E-state index in [1.807, 2.05) is 42.5 Å². The number of fused-ring (bicyclic) bond motifs is 4. The van der Waals surface area contributed by atoms with Gasteiger partial charge >= 0.3 is 0 Å². The molecule has 0 saturated carbocycles. The van der Waals surface area contributed by atoms with E-state index in [-0.39, 0.29) is 0 Å². The fraction of sp³-hybridized carbons (Fsp3) is 0. The van der Waals surface area contributed by atoms with Crippen LogP contribution in [0.3, 0.4) is 0 Å². The normalized spacial score (nSPS) is 11.4. The molecule has 11 aromatic rings. The number of nitrogens with zero attached hydrogens (tertiary/aromatic N) is 3. The van der Waals surface area contributed by atoms with Crippen molar-refractivity contribution in [3.05, 3.63) is 212 Å². The van der Waals surface area contributed by atoms with Gasteiger partial charge in [-0.3, -0.25) is 0 Å². The molecular weight excluding hydrogens is 719 g/mol. The summed E-state index contributed by atoms with van der Waals surface area (Å²) in [6, 6.07) is 74.1. The molecule has 0 bridgehead atoms. The number of rotatable bonds is 7. The topological polar surface area (TPSA) is 51.8 Å². The minimum absolute atomic E-state index is 0.583. The summed E-state index contributed by atoms with van der Waals surface area (Å²) < 4.78 is 6.57. The zero-order chi connectivity index (χ0) is 39.1. The summed E-state index contributed by atoms with van der Waals surface area (Å²) in [5.41, 5.74) is 13.6. The Labute approximate surface area is 341 Å². The Kier molecular flexibility index (Phi) is 8.45. The van der Waals surface area contributed by atoms with Crippen molar-refractivity contribution in [2.75, 3.05) is 0 Å². The summed E-state index contributed by atoms with van der Waals surface area (Å²) in [5.74, 6) is 1.81. The molecule has 2 heterocycles. The van der Waals surface area contributed by atoms with Gasteiger partial charge in [-0.2, -0.15) is 0 Å². The maximum absolute atomic E-state index is 6.57. The van der Waals surface area contributed by atoms with Crippen molar-refractivity contribution in [1.29, 1.82) is 0 Å². The molecular formula is C55H35N3O. The first-order valence-electron chi connectivity index (χ1n) is 19.8. The lowest BCUT2D eigenvalue weighted by Crippen LogP contribution is -2.00. The molecule has 59 heavy (non-hydrogen) atoms. The van der Waals surface area contributed by atoms with E-state index in [0.29, 0.717) is 17.5 Å². The molecule has 0 aliphatic heterocycles. The molecule has 4 heteroatoms. The van der Waals surface area contributed by atoms with E-state index in [4.69, 9.17) is 19.4 Å². The molecule has 276 valence electrons. The van der Waals surface area contributed by atoms with Gasteiger partial charge in [0.2, 0.25) is 0 Å². The second-order valence-electron chi connectivity index (χ2n) is 14.8. The average molecular weight is 754 g/mol. The van der Waals surface area contributed by atoms with Crippen LogP contribution < -0.4 is 0 Å². The van der Waals surface area contributed by atoms with Gasteiger partial charge in [0, 0.05) is 27.5 Å². The number of hydrogen-bond acceptors (Lipinski definition) is 4. The molecule has 11 rings (SSSR count). The van der Waals surface area contributed by atoms with Crippen molar-refractivity contribution in [2.45, 2.75) is 0 Å². The quantitative estimate of drug-likeness (QED) is 0.163. The summed E-state index contributed by atoms with van der Waals surface area (Å²) in [4.78, 5) is 15.1. The van der Waals surface area contributed by atoms with Crippen molar-refractivity contribution >= 4 is 32.7 Å². The molecule has 9 aromatic carbocycles. The number of furan rings is 1. The van der Waals surface area contributed by atoms with Gasteiger partial charge in [0.05, 0.1) is 0 Å². The maximum atomic E-state index is 6.57. The zero-order valence-electron chi connectivity index (χ0n) is 32.0. The van der Waals surface area contributed by atoms with Crippen LogP contribution in [-0.4, -0.2) is 15.0 Å². The standard InChI is InChI=1S/C55H35N3O/c1-3-12-36(13-4-1)43-18-9-19-44(34-43)37-24-30-42(31-25-37)54-56-53(41-15-5-2-6-16-41)57-55(58-54)45-32-33-49-51(35-45)59-50-23-11-22-48(52(49)50)40-28-26-39(27-29-40)47-21-10-17-38-14-7-8-20-46(38)47/h1-35H. The first-order chi connectivity index (χ1) is 29.2. The van der Waals surface area contributed by atoms with Crippen LogP contribution in [0.4, 0.5) is 0 Å². The van der Waals surface area contributed by atoms with Crippen LogP contribution >= 0.6 is 0 Å². The Hall–Kier alpha value is -7.95. The number of benzene rings is 9. The molecule has 0 N–H and O–H groups in total. The smallest absolute Gasteiger partial charge is 0.164 e. The van der Waals surface area contributed by atoms with Gasteiger partial charge in [-0.05, 0) is 79.5 Å². The summed E-state index contributed by atoms with van der Waals surface area (Å²) in [6.07, 6.45) is 0. The third-order valence-electron chi connectivity index (χ3n) is 11.2. The monoisotopic (exact) mass is 753 g/mol. The highest BCUT2D eigenvalue weighted by atomic mass is 16.3. The van der Waals surface area contributed by atoms with Crippen molar-refractivity contribution in [1.82, 2.24) is 15.0 Å². The van der Waals surface area contributed by atoms with E-state index in [0.717, 1.165) is 60.9 Å². The predicted molar refractivity (Wildman–Crippen MR) is 243 cm³/mol. The second-order valence-corrected chi connectivity index (χ2v) is 14.8. The van der Waals surface area contributed by atoms with Crippen LogP contribution in [0.2, 0.25) is 0 Å². The molecule has 0 aliphatic carbocycles. The van der Waals surface area contributed by atoms with Crippen LogP contribution in [0.1, 0.15) is 0 Å². The van der Waals surface area contributed by atoms with E-state index >= 15 is 0 Å². The fourth-order valence-electron chi connectivity index (χ4n) is 8.18. The lowest BCUT2D eigenvalue weighted by atomic mass is 9.94. The SMILES string of the molecule is c1ccc(-c2cccc(-c3ccc(-c4nc(-c5ccccc5)nc(-c5ccc6c(c5)oc5cccc(-c7ccc(-c8cccc9ccccc89)cc7)c56)n4)cc3)c2)cc1. The van der Waals surface area contributed by atoms with Crippen molar-refractivity contribution < 1.29 is 4.42 Å². The van der Waals surface area contributed by atoms with Crippen LogP contribution in [0.5, 0.6) is 0 Å². The molecule has 0 unspecified atom stereocenters. The Morgan fingerprint density at radius 1 is 0.271 bits per heavy atom. The first-order valence-corrected chi connectivity index (χ1v) is 19.8. The van der Waals surface area contributed by atoms with Crippen LogP contribution in [0.15, 0.2) is 217 Å².